The van der Waals surface area contributed by atoms with Crippen molar-refractivity contribution in [3.63, 3.8) is 0 Å². The minimum absolute atomic E-state index is 0.0828. The first-order valence-electron chi connectivity index (χ1n) is 4.09. The molecule has 5 heteroatoms. The predicted molar refractivity (Wildman–Crippen MR) is 57.4 cm³/mol. The number of ketones is 1. The van der Waals surface area contributed by atoms with Gasteiger partial charge in [0, 0.05) is 0 Å². The van der Waals surface area contributed by atoms with Crippen molar-refractivity contribution in [3.05, 3.63) is 27.7 Å². The van der Waals surface area contributed by atoms with E-state index in [0.29, 0.717) is 10.0 Å². The Labute approximate surface area is 95.0 Å². The van der Waals surface area contributed by atoms with Gasteiger partial charge in [-0.05, 0) is 34.5 Å². The lowest BCUT2D eigenvalue weighted by Crippen LogP contribution is -2.15. The van der Waals surface area contributed by atoms with E-state index in [9.17, 15) is 9.59 Å². The summed E-state index contributed by atoms with van der Waals surface area (Å²) in [6.45, 7) is 1.66. The molecule has 0 heterocycles. The smallest absolute Gasteiger partial charge is 0.377 e. The van der Waals surface area contributed by atoms with Crippen LogP contribution in [0.1, 0.15) is 15.9 Å². The van der Waals surface area contributed by atoms with Gasteiger partial charge < -0.3 is 9.84 Å². The molecule has 0 amide bonds. The summed E-state index contributed by atoms with van der Waals surface area (Å²) in [7, 11) is 1.39. The number of benzene rings is 1. The lowest BCUT2D eigenvalue weighted by Gasteiger charge is -2.10. The maximum Gasteiger partial charge on any atom is 0.377 e. The lowest BCUT2D eigenvalue weighted by molar-refractivity contribution is -0.131. The van der Waals surface area contributed by atoms with E-state index in [2.05, 4.69) is 15.9 Å². The van der Waals surface area contributed by atoms with Gasteiger partial charge in [0.1, 0.15) is 5.75 Å². The average Bonchev–Trinajstić information content (AvgIpc) is 2.19. The summed E-state index contributed by atoms with van der Waals surface area (Å²) in [5.74, 6) is -2.21. The number of Topliss-reactive ketones (excluding diaryl/α,β-unsaturated/α-hetero) is 1. The topological polar surface area (TPSA) is 63.6 Å². The van der Waals surface area contributed by atoms with Crippen LogP contribution in [-0.2, 0) is 4.79 Å². The molecule has 0 fully saturated rings. The number of carboxylic acids is 1. The van der Waals surface area contributed by atoms with Crippen LogP contribution < -0.4 is 4.74 Å². The molecule has 0 radical (unpaired) electrons. The number of carboxylic acid groups (broad SMARTS) is 1. The summed E-state index contributed by atoms with van der Waals surface area (Å²) >= 11 is 3.19. The Morgan fingerprint density at radius 2 is 2.00 bits per heavy atom. The van der Waals surface area contributed by atoms with E-state index < -0.39 is 11.8 Å². The zero-order valence-electron chi connectivity index (χ0n) is 8.20. The highest BCUT2D eigenvalue weighted by Crippen LogP contribution is 2.31. The molecule has 1 aromatic carbocycles. The second kappa shape index (κ2) is 4.44. The summed E-state index contributed by atoms with van der Waals surface area (Å²) in [6, 6.07) is 3.36. The monoisotopic (exact) mass is 272 g/mol. The van der Waals surface area contributed by atoms with Gasteiger partial charge in [0.05, 0.1) is 17.1 Å². The first kappa shape index (κ1) is 11.7. The van der Waals surface area contributed by atoms with Crippen molar-refractivity contribution in [1.29, 1.82) is 0 Å². The van der Waals surface area contributed by atoms with Gasteiger partial charge in [0.15, 0.2) is 0 Å². The van der Waals surface area contributed by atoms with Crippen LogP contribution in [0.4, 0.5) is 0 Å². The van der Waals surface area contributed by atoms with Crippen LogP contribution in [0.2, 0.25) is 0 Å². The molecule has 1 rings (SSSR count). The van der Waals surface area contributed by atoms with Gasteiger partial charge in [0.25, 0.3) is 5.78 Å². The standard InChI is InChI=1S/C10H9BrO4/c1-5-3-4-6(11)9(15-2)7(5)8(12)10(13)14/h3-4H,1-2H3,(H,13,14). The number of ether oxygens (including phenoxy) is 1. The molecule has 0 bridgehead atoms. The minimum Gasteiger partial charge on any atom is -0.495 e. The summed E-state index contributed by atoms with van der Waals surface area (Å²) in [5, 5.41) is 8.65. The summed E-state index contributed by atoms with van der Waals surface area (Å²) < 4.78 is 5.55. The molecule has 0 saturated carbocycles. The van der Waals surface area contributed by atoms with Gasteiger partial charge in [0.2, 0.25) is 0 Å². The molecule has 0 unspecified atom stereocenters. The third-order valence-corrected chi connectivity index (χ3v) is 2.57. The van der Waals surface area contributed by atoms with Crippen molar-refractivity contribution in [1.82, 2.24) is 0 Å². The molecule has 1 aromatic rings. The Bertz CT molecular complexity index is 426. The number of aryl methyl sites for hydroxylation is 1. The van der Waals surface area contributed by atoms with Crippen LogP contribution in [0.3, 0.4) is 0 Å². The van der Waals surface area contributed by atoms with Crippen LogP contribution in [0, 0.1) is 6.92 Å². The maximum atomic E-state index is 11.4. The van der Waals surface area contributed by atoms with Crippen LogP contribution in [0.25, 0.3) is 0 Å². The van der Waals surface area contributed by atoms with Crippen molar-refractivity contribution >= 4 is 27.7 Å². The minimum atomic E-state index is -1.49. The van der Waals surface area contributed by atoms with Crippen molar-refractivity contribution in [2.75, 3.05) is 7.11 Å². The van der Waals surface area contributed by atoms with E-state index in [1.54, 1.807) is 19.1 Å². The molecule has 1 N–H and O–H groups in total. The highest BCUT2D eigenvalue weighted by atomic mass is 79.9. The quantitative estimate of drug-likeness (QED) is 0.676. The van der Waals surface area contributed by atoms with Crippen LogP contribution in [-0.4, -0.2) is 24.0 Å². The number of carbonyl (C=O) groups excluding carboxylic acids is 1. The van der Waals surface area contributed by atoms with Crippen molar-refractivity contribution in [3.8, 4) is 5.75 Å². The molecule has 0 aliphatic rings. The van der Waals surface area contributed by atoms with Gasteiger partial charge in [-0.15, -0.1) is 0 Å². The van der Waals surface area contributed by atoms with E-state index in [0.717, 1.165) is 0 Å². The normalized spacial score (nSPS) is 9.80. The van der Waals surface area contributed by atoms with Gasteiger partial charge >= 0.3 is 5.97 Å². The molecular weight excluding hydrogens is 264 g/mol. The van der Waals surface area contributed by atoms with E-state index in [-0.39, 0.29) is 11.3 Å². The molecule has 15 heavy (non-hydrogen) atoms. The zero-order chi connectivity index (χ0) is 11.6. The molecule has 0 aliphatic carbocycles. The molecule has 0 aromatic heterocycles. The molecule has 0 aliphatic heterocycles. The fourth-order valence-electron chi connectivity index (χ4n) is 1.24. The highest BCUT2D eigenvalue weighted by molar-refractivity contribution is 9.10. The lowest BCUT2D eigenvalue weighted by atomic mass is 10.0. The Morgan fingerprint density at radius 1 is 1.40 bits per heavy atom. The summed E-state index contributed by atoms with van der Waals surface area (Å²) in [4.78, 5) is 22.0. The molecular formula is C10H9BrO4. The van der Waals surface area contributed by atoms with Crippen LogP contribution >= 0.6 is 15.9 Å². The molecule has 0 atom stereocenters. The number of rotatable bonds is 3. The fraction of sp³-hybridized carbons (Fsp3) is 0.200. The number of halogens is 1. The van der Waals surface area contributed by atoms with Gasteiger partial charge in [-0.3, -0.25) is 4.79 Å². The number of hydrogen-bond acceptors (Lipinski definition) is 3. The Morgan fingerprint density at radius 3 is 2.47 bits per heavy atom. The first-order valence-corrected chi connectivity index (χ1v) is 4.89. The number of carbonyl (C=O) groups is 2. The zero-order valence-corrected chi connectivity index (χ0v) is 9.79. The van der Waals surface area contributed by atoms with Crippen LogP contribution in [0.5, 0.6) is 5.75 Å². The molecule has 4 nitrogen and oxygen atoms in total. The Hall–Kier alpha value is -1.36. The molecule has 0 saturated heterocycles. The van der Waals surface area contributed by atoms with E-state index >= 15 is 0 Å². The SMILES string of the molecule is COc1c(Br)ccc(C)c1C(=O)C(=O)O. The van der Waals surface area contributed by atoms with Crippen molar-refractivity contribution in [2.24, 2.45) is 0 Å². The molecule has 80 valence electrons. The predicted octanol–water partition coefficient (Wildman–Crippen LogP) is 2.03. The van der Waals surface area contributed by atoms with Crippen molar-refractivity contribution in [2.45, 2.75) is 6.92 Å². The van der Waals surface area contributed by atoms with Gasteiger partial charge in [-0.1, -0.05) is 6.07 Å². The second-order valence-electron chi connectivity index (χ2n) is 2.91. The summed E-state index contributed by atoms with van der Waals surface area (Å²) in [6.07, 6.45) is 0. The van der Waals surface area contributed by atoms with E-state index in [4.69, 9.17) is 9.84 Å². The number of methoxy groups -OCH3 is 1. The maximum absolute atomic E-state index is 11.4. The fourth-order valence-corrected chi connectivity index (χ4v) is 1.74. The number of hydrogen-bond donors (Lipinski definition) is 1. The van der Waals surface area contributed by atoms with Gasteiger partial charge in [-0.25, -0.2) is 4.79 Å². The Balaban J connectivity index is 3.44. The van der Waals surface area contributed by atoms with Crippen molar-refractivity contribution < 1.29 is 19.4 Å². The van der Waals surface area contributed by atoms with E-state index in [1.807, 2.05) is 0 Å². The largest absolute Gasteiger partial charge is 0.495 e. The summed E-state index contributed by atoms with van der Waals surface area (Å²) in [5.41, 5.74) is 0.654. The van der Waals surface area contributed by atoms with Crippen LogP contribution in [0.15, 0.2) is 16.6 Å². The third kappa shape index (κ3) is 2.18. The average molecular weight is 273 g/mol. The highest BCUT2D eigenvalue weighted by Gasteiger charge is 2.23. The Kier molecular flexibility index (Phi) is 3.47. The molecule has 0 spiro atoms. The third-order valence-electron chi connectivity index (χ3n) is 1.94. The second-order valence-corrected chi connectivity index (χ2v) is 3.76. The number of aliphatic carboxylic acids is 1. The van der Waals surface area contributed by atoms with Gasteiger partial charge in [-0.2, -0.15) is 0 Å². The first-order chi connectivity index (χ1) is 6.99. The van der Waals surface area contributed by atoms with E-state index in [1.165, 1.54) is 7.11 Å².